The van der Waals surface area contributed by atoms with E-state index in [2.05, 4.69) is 159 Å². The van der Waals surface area contributed by atoms with Crippen LogP contribution in [0.5, 0.6) is 0 Å². The number of rotatable bonds is 14. The Bertz CT molecular complexity index is 1860. The van der Waals surface area contributed by atoms with Crippen LogP contribution in [-0.4, -0.2) is 188 Å². The molecule has 4 aliphatic rings. The van der Waals surface area contributed by atoms with Crippen molar-refractivity contribution in [2.75, 3.05) is 54.4 Å². The van der Waals surface area contributed by atoms with Crippen LogP contribution in [0.2, 0.25) is 0 Å². The number of hydrogen-bond acceptors (Lipinski definition) is 14. The number of nitrogens with zero attached hydrogens (tertiary/aromatic N) is 6. The Morgan fingerprint density at radius 3 is 0.750 bits per heavy atom. The molecule has 1 aromatic rings. The van der Waals surface area contributed by atoms with Gasteiger partial charge in [-0.05, 0) is 157 Å². The molecule has 0 saturated carbocycles. The molecule has 0 N–H and O–H groups in total. The lowest BCUT2D eigenvalue weighted by Gasteiger charge is -2.53. The number of likely N-dealkylation sites (tertiary alicyclic amines) is 4. The molecule has 1 aromatic carbocycles. The fourth-order valence-electron chi connectivity index (χ4n) is 12.5. The molecule has 0 unspecified atom stereocenters. The average molecular weight is 1010 g/mol. The maximum atomic E-state index is 14.7. The molecule has 0 bridgehead atoms. The molecule has 0 aromatic heterocycles. The first-order chi connectivity index (χ1) is 32.7. The molecule has 4 heterocycles. The summed E-state index contributed by atoms with van der Waals surface area (Å²) in [5.74, 6) is -4.14. The molecule has 4 aliphatic heterocycles. The molecule has 16 nitrogen and oxygen atoms in total. The summed E-state index contributed by atoms with van der Waals surface area (Å²) in [7, 11) is 8.23. The number of hydrogen-bond donors (Lipinski definition) is 0. The molecule has 72 heavy (non-hydrogen) atoms. The van der Waals surface area contributed by atoms with E-state index in [1.54, 1.807) is 0 Å². The first-order valence-corrected chi connectivity index (χ1v) is 26.1. The van der Waals surface area contributed by atoms with Crippen molar-refractivity contribution in [1.29, 1.82) is 0 Å². The monoisotopic (exact) mass is 1010 g/mol. The smallest absolute Gasteiger partial charge is 0.325 e. The maximum Gasteiger partial charge on any atom is 0.325 e. The number of amides is 2. The second kappa shape index (κ2) is 20.9. The van der Waals surface area contributed by atoms with Gasteiger partial charge in [-0.25, -0.2) is 0 Å². The topological polar surface area (TPSA) is 159 Å². The van der Waals surface area contributed by atoms with Crippen LogP contribution in [0.4, 0.5) is 0 Å². The minimum absolute atomic E-state index is 0.00115. The van der Waals surface area contributed by atoms with Crippen LogP contribution in [0.3, 0.4) is 0 Å². The minimum atomic E-state index is -0.711. The molecule has 2 amide bonds. The normalized spacial score (nSPS) is 24.4. The summed E-state index contributed by atoms with van der Waals surface area (Å²) in [6.45, 7) is 31.4. The molecule has 4 fully saturated rings. The zero-order valence-corrected chi connectivity index (χ0v) is 47.9. The number of piperidine rings is 4. The lowest BCUT2D eigenvalue weighted by atomic mass is 9.78. The highest BCUT2D eigenvalue weighted by molar-refractivity contribution is 6.02. The Hall–Kier alpha value is -4.12. The Morgan fingerprint density at radius 2 is 0.569 bits per heavy atom. The van der Waals surface area contributed by atoms with Crippen molar-refractivity contribution < 1.29 is 47.7 Å². The number of carbonyl (C=O) groups is 6. The lowest BCUT2D eigenvalue weighted by Crippen LogP contribution is -2.60. The number of ether oxygens (including phenoxy) is 4. The van der Waals surface area contributed by atoms with Crippen LogP contribution in [0, 0.1) is 0 Å². The highest BCUT2D eigenvalue weighted by atomic mass is 16.6. The second-order valence-corrected chi connectivity index (χ2v) is 26.7. The molecule has 16 heteroatoms. The van der Waals surface area contributed by atoms with E-state index in [4.69, 9.17) is 18.9 Å². The van der Waals surface area contributed by atoms with Gasteiger partial charge in [0.15, 0.2) is 0 Å². The van der Waals surface area contributed by atoms with Crippen molar-refractivity contribution in [3.63, 3.8) is 0 Å². The average Bonchev–Trinajstić information content (AvgIpc) is 3.21. The third kappa shape index (κ3) is 13.8. The highest BCUT2D eigenvalue weighted by Crippen LogP contribution is 2.42. The van der Waals surface area contributed by atoms with E-state index in [1.807, 2.05) is 0 Å². The van der Waals surface area contributed by atoms with Crippen molar-refractivity contribution in [1.82, 2.24) is 29.4 Å². The van der Waals surface area contributed by atoms with Crippen molar-refractivity contribution >= 4 is 35.7 Å². The van der Waals surface area contributed by atoms with Gasteiger partial charge in [0.25, 0.3) is 11.8 Å². The summed E-state index contributed by atoms with van der Waals surface area (Å²) in [5.41, 5.74) is -2.24. The molecule has 5 rings (SSSR count). The quantitative estimate of drug-likeness (QED) is 0.135. The van der Waals surface area contributed by atoms with E-state index in [9.17, 15) is 28.8 Å². The van der Waals surface area contributed by atoms with E-state index in [1.165, 1.54) is 24.3 Å². The van der Waals surface area contributed by atoms with E-state index in [-0.39, 0.29) is 55.4 Å². The number of benzene rings is 1. The van der Waals surface area contributed by atoms with Gasteiger partial charge in [-0.15, -0.1) is 0 Å². The Labute approximate surface area is 432 Å². The van der Waals surface area contributed by atoms with Gasteiger partial charge in [-0.1, -0.05) is 6.07 Å². The van der Waals surface area contributed by atoms with Crippen molar-refractivity contribution in [2.24, 2.45) is 0 Å². The van der Waals surface area contributed by atoms with Crippen molar-refractivity contribution in [2.45, 2.75) is 231 Å². The molecular formula is C56H92N6O10. The molecule has 4 saturated heterocycles. The standard InChI is InChI=1S/C56H92N6O10/c1-49(2)25-39(26-50(3,4)57(49)17)69-43(63)33-61(34-44(64)70-40-27-51(5,6)58(18)52(7,8)28-40)47(67)37-22-21-23-38(24-37)48(68)62(35-45(65)71-41-29-53(9,10)59(19)54(11,12)30-41)36-46(66)72-42-31-55(13,14)60(20)56(15,16)32-42/h21-24,39-42H,25-36H2,1-20H3. The molecule has 0 atom stereocenters. The van der Waals surface area contributed by atoms with Gasteiger partial charge in [0.05, 0.1) is 0 Å². The lowest BCUT2D eigenvalue weighted by molar-refractivity contribution is -0.164. The zero-order valence-electron chi connectivity index (χ0n) is 47.9. The first kappa shape index (κ1) is 58.8. The third-order valence-corrected chi connectivity index (χ3v) is 17.5. The minimum Gasteiger partial charge on any atom is -0.461 e. The highest BCUT2D eigenvalue weighted by Gasteiger charge is 2.48. The SMILES string of the molecule is CN1C(C)(C)CC(OC(=O)CN(CC(=O)OC2CC(C)(C)N(C)C(C)(C)C2)C(=O)c2cccc(C(=O)N(CC(=O)OC3CC(C)(C)N(C)C(C)(C)C3)CC(=O)OC3CC(C)(C)N(C)C(C)(C)C3)c2)CC1(C)C. The summed E-state index contributed by atoms with van der Waals surface area (Å²) in [5, 5.41) is 0. The van der Waals surface area contributed by atoms with E-state index in [0.717, 1.165) is 9.80 Å². The predicted molar refractivity (Wildman–Crippen MR) is 278 cm³/mol. The summed E-state index contributed by atoms with van der Waals surface area (Å²) in [6, 6.07) is 5.85. The molecular weight excluding hydrogens is 917 g/mol. The van der Waals surface area contributed by atoms with E-state index in [0.29, 0.717) is 51.4 Å². The Balaban J connectivity index is 1.42. The van der Waals surface area contributed by atoms with Gasteiger partial charge in [0.2, 0.25) is 0 Å². The Kier molecular flexibility index (Phi) is 17.0. The van der Waals surface area contributed by atoms with Gasteiger partial charge >= 0.3 is 23.9 Å². The van der Waals surface area contributed by atoms with Crippen LogP contribution in [0.25, 0.3) is 0 Å². The van der Waals surface area contributed by atoms with E-state index < -0.39 is 86.3 Å². The van der Waals surface area contributed by atoms with Gasteiger partial charge in [-0.3, -0.25) is 48.4 Å². The number of carbonyl (C=O) groups excluding carboxylic acids is 6. The fourth-order valence-corrected chi connectivity index (χ4v) is 12.5. The van der Waals surface area contributed by atoms with Gasteiger partial charge < -0.3 is 28.7 Å². The van der Waals surface area contributed by atoms with Crippen LogP contribution in [0.1, 0.15) is 183 Å². The molecule has 0 spiro atoms. The summed E-state index contributed by atoms with van der Waals surface area (Å²) in [6.07, 6.45) is 2.80. The first-order valence-electron chi connectivity index (χ1n) is 26.1. The van der Waals surface area contributed by atoms with Crippen LogP contribution in [-0.2, 0) is 38.1 Å². The second-order valence-electron chi connectivity index (χ2n) is 26.7. The van der Waals surface area contributed by atoms with Crippen molar-refractivity contribution in [3.8, 4) is 0 Å². The Morgan fingerprint density at radius 1 is 0.389 bits per heavy atom. The van der Waals surface area contributed by atoms with Crippen LogP contribution >= 0.6 is 0 Å². The molecule has 406 valence electrons. The fraction of sp³-hybridized carbons (Fsp3) is 0.786. The van der Waals surface area contributed by atoms with E-state index >= 15 is 0 Å². The van der Waals surface area contributed by atoms with Gasteiger partial charge in [0, 0.05) is 107 Å². The van der Waals surface area contributed by atoms with Gasteiger partial charge in [0.1, 0.15) is 50.6 Å². The largest absolute Gasteiger partial charge is 0.461 e. The summed E-state index contributed by atoms with van der Waals surface area (Å²) < 4.78 is 24.3. The summed E-state index contributed by atoms with van der Waals surface area (Å²) in [4.78, 5) is 96.4. The third-order valence-electron chi connectivity index (χ3n) is 17.5. The summed E-state index contributed by atoms with van der Waals surface area (Å²) >= 11 is 0. The van der Waals surface area contributed by atoms with Crippen molar-refractivity contribution in [3.05, 3.63) is 35.4 Å². The van der Waals surface area contributed by atoms with Crippen LogP contribution in [0.15, 0.2) is 24.3 Å². The molecule has 0 radical (unpaired) electrons. The predicted octanol–water partition coefficient (Wildman–Crippen LogP) is 7.35. The zero-order chi connectivity index (χ0) is 54.5. The maximum absolute atomic E-state index is 14.7. The number of esters is 4. The molecule has 0 aliphatic carbocycles. The van der Waals surface area contributed by atoms with Gasteiger partial charge in [-0.2, -0.15) is 0 Å². The van der Waals surface area contributed by atoms with Crippen LogP contribution < -0.4 is 0 Å².